The number of hydrogen-bond acceptors (Lipinski definition) is 6. The van der Waals surface area contributed by atoms with Crippen LogP contribution in [0.3, 0.4) is 0 Å². The lowest BCUT2D eigenvalue weighted by atomic mass is 10.0. The van der Waals surface area contributed by atoms with E-state index in [9.17, 15) is 4.79 Å². The molecule has 0 unspecified atom stereocenters. The number of carbonyl (C=O) groups excluding carboxylic acids is 1. The van der Waals surface area contributed by atoms with Crippen molar-refractivity contribution in [1.82, 2.24) is 15.1 Å². The monoisotopic (exact) mass is 468 g/mol. The van der Waals surface area contributed by atoms with E-state index in [1.54, 1.807) is 31.4 Å². The van der Waals surface area contributed by atoms with Gasteiger partial charge in [0.05, 0.1) is 7.11 Å². The number of hydrogen-bond donors (Lipinski definition) is 2. The first-order valence-electron chi connectivity index (χ1n) is 11.6. The molecule has 178 valence electrons. The number of urea groups is 1. The number of nitrogen functional groups attached to an aromatic ring is 1. The Kier molecular flexibility index (Phi) is 6.10. The van der Waals surface area contributed by atoms with Crippen molar-refractivity contribution in [2.24, 2.45) is 0 Å². The number of carbonyl (C=O) groups is 1. The Morgan fingerprint density at radius 1 is 0.971 bits per heavy atom. The van der Waals surface area contributed by atoms with E-state index >= 15 is 0 Å². The summed E-state index contributed by atoms with van der Waals surface area (Å²) in [5.41, 5.74) is 8.95. The number of rotatable bonds is 4. The van der Waals surface area contributed by atoms with Crippen LogP contribution in [0.2, 0.25) is 0 Å². The molecule has 0 bridgehead atoms. The van der Waals surface area contributed by atoms with Gasteiger partial charge in [0.25, 0.3) is 0 Å². The van der Waals surface area contributed by atoms with Crippen LogP contribution in [-0.4, -0.2) is 53.9 Å². The molecule has 35 heavy (non-hydrogen) atoms. The molecule has 0 aliphatic carbocycles. The highest BCUT2D eigenvalue weighted by atomic mass is 16.5. The minimum Gasteiger partial charge on any atom is -0.497 e. The molecule has 1 aliphatic heterocycles. The topological polar surface area (TPSA) is 96.6 Å². The van der Waals surface area contributed by atoms with Crippen LogP contribution in [0, 0.1) is 0 Å². The van der Waals surface area contributed by atoms with Gasteiger partial charge in [-0.3, -0.25) is 0 Å². The number of piperazine rings is 1. The molecule has 1 saturated heterocycles. The van der Waals surface area contributed by atoms with Crippen LogP contribution in [0.15, 0.2) is 72.8 Å². The molecule has 2 heterocycles. The molecule has 1 atom stereocenters. The summed E-state index contributed by atoms with van der Waals surface area (Å²) >= 11 is 0. The van der Waals surface area contributed by atoms with Crippen LogP contribution in [-0.2, 0) is 0 Å². The largest absolute Gasteiger partial charge is 0.497 e. The molecular weight excluding hydrogens is 440 g/mol. The number of aromatic nitrogens is 2. The Hall–Kier alpha value is -4.33. The van der Waals surface area contributed by atoms with Crippen LogP contribution >= 0.6 is 0 Å². The predicted molar refractivity (Wildman–Crippen MR) is 140 cm³/mol. The zero-order valence-corrected chi connectivity index (χ0v) is 19.8. The van der Waals surface area contributed by atoms with Crippen molar-refractivity contribution in [2.75, 3.05) is 42.7 Å². The molecule has 5 rings (SSSR count). The van der Waals surface area contributed by atoms with Crippen LogP contribution < -0.4 is 20.7 Å². The second-order valence-corrected chi connectivity index (χ2v) is 8.69. The third-order valence-electron chi connectivity index (χ3n) is 6.38. The lowest BCUT2D eigenvalue weighted by Crippen LogP contribution is -2.55. The van der Waals surface area contributed by atoms with Crippen molar-refractivity contribution in [3.05, 3.63) is 72.8 Å². The average Bonchev–Trinajstić information content (AvgIpc) is 2.89. The summed E-state index contributed by atoms with van der Waals surface area (Å²) in [5.74, 6) is 1.64. The minimum atomic E-state index is -0.118. The van der Waals surface area contributed by atoms with Crippen LogP contribution in [0.5, 0.6) is 5.75 Å². The summed E-state index contributed by atoms with van der Waals surface area (Å²) in [6, 6.07) is 23.1. The molecule has 8 nitrogen and oxygen atoms in total. The first-order chi connectivity index (χ1) is 17.0. The molecular formula is C27H28N6O2. The fourth-order valence-electron chi connectivity index (χ4n) is 4.50. The molecule has 3 N–H and O–H groups in total. The number of amides is 2. The normalized spacial score (nSPS) is 15.8. The number of fused-ring (bicyclic) bond motifs is 1. The van der Waals surface area contributed by atoms with Crippen molar-refractivity contribution in [3.63, 3.8) is 0 Å². The Labute approximate surface area is 204 Å². The van der Waals surface area contributed by atoms with Gasteiger partial charge in [-0.25, -0.2) is 4.79 Å². The van der Waals surface area contributed by atoms with Crippen LogP contribution in [0.1, 0.15) is 6.92 Å². The molecule has 2 amide bonds. The lowest BCUT2D eigenvalue weighted by Gasteiger charge is -2.40. The van der Waals surface area contributed by atoms with E-state index in [4.69, 9.17) is 10.5 Å². The van der Waals surface area contributed by atoms with E-state index in [-0.39, 0.29) is 12.1 Å². The van der Waals surface area contributed by atoms with Gasteiger partial charge in [0, 0.05) is 53.4 Å². The molecule has 1 aliphatic rings. The highest BCUT2D eigenvalue weighted by Crippen LogP contribution is 2.33. The Morgan fingerprint density at radius 3 is 2.37 bits per heavy atom. The maximum atomic E-state index is 12.9. The van der Waals surface area contributed by atoms with Gasteiger partial charge >= 0.3 is 6.03 Å². The van der Waals surface area contributed by atoms with Crippen LogP contribution in [0.25, 0.3) is 22.0 Å². The zero-order valence-electron chi connectivity index (χ0n) is 19.8. The summed E-state index contributed by atoms with van der Waals surface area (Å²) in [5, 5.41) is 14.3. The summed E-state index contributed by atoms with van der Waals surface area (Å²) in [4.78, 5) is 17.0. The van der Waals surface area contributed by atoms with Crippen molar-refractivity contribution in [1.29, 1.82) is 0 Å². The van der Waals surface area contributed by atoms with E-state index in [1.807, 2.05) is 41.3 Å². The number of nitrogens with one attached hydrogen (secondary N) is 1. The molecule has 1 fully saturated rings. The van der Waals surface area contributed by atoms with E-state index in [2.05, 4.69) is 39.5 Å². The fourth-order valence-corrected chi connectivity index (χ4v) is 4.50. The maximum absolute atomic E-state index is 12.9. The zero-order chi connectivity index (χ0) is 24.4. The highest BCUT2D eigenvalue weighted by molar-refractivity contribution is 6.00. The second kappa shape index (κ2) is 9.50. The fraction of sp³-hybridized carbons (Fsp3) is 0.222. The molecule has 1 aromatic heterocycles. The number of ether oxygens (including phenoxy) is 1. The Morgan fingerprint density at radius 2 is 1.69 bits per heavy atom. The van der Waals surface area contributed by atoms with Crippen molar-refractivity contribution >= 4 is 34.0 Å². The van der Waals surface area contributed by atoms with Crippen molar-refractivity contribution in [2.45, 2.75) is 13.0 Å². The summed E-state index contributed by atoms with van der Waals surface area (Å²) in [6.07, 6.45) is 0. The first kappa shape index (κ1) is 22.5. The van der Waals surface area contributed by atoms with E-state index < -0.39 is 0 Å². The van der Waals surface area contributed by atoms with Gasteiger partial charge in [0.15, 0.2) is 5.82 Å². The molecule has 4 aromatic rings. The molecule has 0 radical (unpaired) electrons. The van der Waals surface area contributed by atoms with Crippen molar-refractivity contribution < 1.29 is 9.53 Å². The first-order valence-corrected chi connectivity index (χ1v) is 11.6. The van der Waals surface area contributed by atoms with E-state index in [1.165, 1.54) is 0 Å². The van der Waals surface area contributed by atoms with E-state index in [0.717, 1.165) is 39.3 Å². The summed E-state index contributed by atoms with van der Waals surface area (Å²) in [6.45, 7) is 3.96. The van der Waals surface area contributed by atoms with Gasteiger partial charge in [-0.15, -0.1) is 10.2 Å². The molecule has 0 spiro atoms. The van der Waals surface area contributed by atoms with E-state index in [0.29, 0.717) is 25.3 Å². The molecule has 8 heteroatoms. The number of methoxy groups -OCH3 is 1. The smallest absolute Gasteiger partial charge is 0.322 e. The third kappa shape index (κ3) is 4.55. The van der Waals surface area contributed by atoms with Gasteiger partial charge in [0.2, 0.25) is 0 Å². The summed E-state index contributed by atoms with van der Waals surface area (Å²) < 4.78 is 5.28. The Balaban J connectivity index is 1.36. The van der Waals surface area contributed by atoms with Gasteiger partial charge in [-0.2, -0.15) is 0 Å². The molecule has 0 saturated carbocycles. The van der Waals surface area contributed by atoms with Gasteiger partial charge < -0.3 is 25.6 Å². The third-order valence-corrected chi connectivity index (χ3v) is 6.38. The van der Waals surface area contributed by atoms with Crippen LogP contribution in [0.4, 0.5) is 22.0 Å². The summed E-state index contributed by atoms with van der Waals surface area (Å²) in [7, 11) is 1.65. The molecule has 3 aromatic carbocycles. The van der Waals surface area contributed by atoms with Gasteiger partial charge in [-0.05, 0) is 55.5 Å². The Bertz CT molecular complexity index is 1340. The number of anilines is 3. The number of benzene rings is 3. The minimum absolute atomic E-state index is 0.000594. The maximum Gasteiger partial charge on any atom is 0.322 e. The SMILES string of the molecule is COc1ccc(-c2nnc(N3CCN(C(=O)Nc4ccc(N)cc4)[C@@H](C)C3)c3ccccc23)cc1. The van der Waals surface area contributed by atoms with Crippen molar-refractivity contribution in [3.8, 4) is 17.0 Å². The number of nitrogens with two attached hydrogens (primary N) is 1. The van der Waals surface area contributed by atoms with Gasteiger partial charge in [0.1, 0.15) is 11.4 Å². The highest BCUT2D eigenvalue weighted by Gasteiger charge is 2.29. The number of nitrogens with zero attached hydrogens (tertiary/aromatic N) is 4. The standard InChI is InChI=1S/C27H28N6O2/c1-18-17-32(15-16-33(18)27(34)29-21-11-9-20(28)10-12-21)26-24-6-4-3-5-23(24)25(30-31-26)19-7-13-22(35-2)14-8-19/h3-14,18H,15-17,28H2,1-2H3,(H,29,34)/t18-/m0/s1. The lowest BCUT2D eigenvalue weighted by molar-refractivity contribution is 0.184. The predicted octanol–water partition coefficient (Wildman–Crippen LogP) is 4.63. The second-order valence-electron chi connectivity index (χ2n) is 8.69. The average molecular weight is 469 g/mol. The quantitative estimate of drug-likeness (QED) is 0.424. The van der Waals surface area contributed by atoms with Gasteiger partial charge in [-0.1, -0.05) is 24.3 Å².